The Balaban J connectivity index is 1.31. The van der Waals surface area contributed by atoms with Crippen molar-refractivity contribution in [3.05, 3.63) is 87.6 Å². The molecule has 0 unspecified atom stereocenters. The van der Waals surface area contributed by atoms with Gasteiger partial charge < -0.3 is 9.80 Å². The molecule has 3 heterocycles. The van der Waals surface area contributed by atoms with Crippen molar-refractivity contribution in [3.63, 3.8) is 0 Å². The van der Waals surface area contributed by atoms with Crippen molar-refractivity contribution in [1.82, 2.24) is 14.9 Å². The van der Waals surface area contributed by atoms with Gasteiger partial charge in [-0.25, -0.2) is 9.97 Å². The van der Waals surface area contributed by atoms with Crippen molar-refractivity contribution in [2.24, 2.45) is 0 Å². The van der Waals surface area contributed by atoms with Crippen LogP contribution in [0.5, 0.6) is 0 Å². The summed E-state index contributed by atoms with van der Waals surface area (Å²) in [5.41, 5.74) is 4.65. The quantitative estimate of drug-likeness (QED) is 0.334. The van der Waals surface area contributed by atoms with Gasteiger partial charge in [-0.1, -0.05) is 54.4 Å². The van der Waals surface area contributed by atoms with Crippen LogP contribution in [0.3, 0.4) is 0 Å². The van der Waals surface area contributed by atoms with E-state index in [1.807, 2.05) is 53.5 Å². The van der Waals surface area contributed by atoms with E-state index in [4.69, 9.17) is 9.97 Å². The molecule has 1 saturated heterocycles. The molecule has 2 aliphatic rings. The molecule has 2 aromatic carbocycles. The monoisotopic (exact) mass is 496 g/mol. The van der Waals surface area contributed by atoms with Crippen molar-refractivity contribution >= 4 is 33.3 Å². The second-order valence-corrected chi connectivity index (χ2v) is 11.1. The molecular weight excluding hydrogens is 464 g/mol. The zero-order valence-electron chi connectivity index (χ0n) is 20.9. The molecule has 1 aliphatic carbocycles. The molecule has 0 saturated carbocycles. The molecule has 1 amide bonds. The van der Waals surface area contributed by atoms with Crippen molar-refractivity contribution in [2.75, 3.05) is 31.1 Å². The smallest absolute Gasteiger partial charge is 0.253 e. The molecule has 36 heavy (non-hydrogen) atoms. The van der Waals surface area contributed by atoms with Crippen molar-refractivity contribution < 1.29 is 4.79 Å². The Labute approximate surface area is 216 Å². The minimum atomic E-state index is 0.122. The van der Waals surface area contributed by atoms with E-state index in [-0.39, 0.29) is 5.91 Å². The molecular formula is C30H32N4OS. The number of rotatable bonds is 4. The van der Waals surface area contributed by atoms with E-state index in [9.17, 15) is 4.79 Å². The van der Waals surface area contributed by atoms with Crippen molar-refractivity contribution in [1.29, 1.82) is 0 Å². The van der Waals surface area contributed by atoms with Crippen LogP contribution in [0.2, 0.25) is 0 Å². The average Bonchev–Trinajstić information content (AvgIpc) is 3.09. The summed E-state index contributed by atoms with van der Waals surface area (Å²) in [6.07, 6.45) is 6.81. The summed E-state index contributed by atoms with van der Waals surface area (Å²) >= 11 is 1.88. The molecule has 0 bridgehead atoms. The van der Waals surface area contributed by atoms with Gasteiger partial charge in [0.15, 0.2) is 0 Å². The summed E-state index contributed by atoms with van der Waals surface area (Å²) < 4.78 is 0. The molecule has 6 rings (SSSR count). The molecule has 5 nitrogen and oxygen atoms in total. The van der Waals surface area contributed by atoms with Gasteiger partial charge in [0.2, 0.25) is 0 Å². The molecule has 4 aromatic rings. The van der Waals surface area contributed by atoms with Crippen LogP contribution in [0.1, 0.15) is 57.0 Å². The van der Waals surface area contributed by atoms with Gasteiger partial charge in [0.1, 0.15) is 16.5 Å². The predicted octanol–water partition coefficient (Wildman–Crippen LogP) is 5.82. The number of nitrogens with zero attached hydrogens (tertiary/aromatic N) is 4. The van der Waals surface area contributed by atoms with Gasteiger partial charge in [-0.05, 0) is 55.9 Å². The number of aromatic nitrogens is 2. The summed E-state index contributed by atoms with van der Waals surface area (Å²) in [5.74, 6) is 2.09. The SMILES string of the molecule is Cc1ccc(C(=O)N2CCN(c3nc(Cc4ccccc4)nc4sc5c(c34)CCCCC5)CC2)cc1. The zero-order valence-corrected chi connectivity index (χ0v) is 21.7. The van der Waals surface area contributed by atoms with Gasteiger partial charge >= 0.3 is 0 Å². The number of anilines is 1. The van der Waals surface area contributed by atoms with E-state index >= 15 is 0 Å². The lowest BCUT2D eigenvalue weighted by molar-refractivity contribution is 0.0746. The maximum Gasteiger partial charge on any atom is 0.253 e. The minimum Gasteiger partial charge on any atom is -0.352 e. The van der Waals surface area contributed by atoms with E-state index in [0.717, 1.165) is 54.4 Å². The third-order valence-corrected chi connectivity index (χ3v) is 8.65. The highest BCUT2D eigenvalue weighted by Gasteiger charge is 2.27. The Bertz CT molecular complexity index is 1370. The van der Waals surface area contributed by atoms with Gasteiger partial charge in [0.25, 0.3) is 5.91 Å². The van der Waals surface area contributed by atoms with Crippen LogP contribution >= 0.6 is 11.3 Å². The normalized spacial score (nSPS) is 16.1. The minimum absolute atomic E-state index is 0.122. The van der Waals surface area contributed by atoms with Crippen molar-refractivity contribution in [3.8, 4) is 0 Å². The summed E-state index contributed by atoms with van der Waals surface area (Å²) in [4.78, 5) is 30.4. The lowest BCUT2D eigenvalue weighted by Crippen LogP contribution is -2.49. The highest BCUT2D eigenvalue weighted by atomic mass is 32.1. The highest BCUT2D eigenvalue weighted by Crippen LogP contribution is 2.39. The lowest BCUT2D eigenvalue weighted by Gasteiger charge is -2.36. The van der Waals surface area contributed by atoms with E-state index in [2.05, 4.69) is 29.2 Å². The van der Waals surface area contributed by atoms with E-state index in [0.29, 0.717) is 13.1 Å². The largest absolute Gasteiger partial charge is 0.352 e. The van der Waals surface area contributed by atoms with Crippen LogP contribution < -0.4 is 4.90 Å². The summed E-state index contributed by atoms with van der Waals surface area (Å²) in [6, 6.07) is 18.4. The Morgan fingerprint density at radius 3 is 2.42 bits per heavy atom. The Kier molecular flexibility index (Phi) is 6.45. The molecule has 0 N–H and O–H groups in total. The van der Waals surface area contributed by atoms with Crippen LogP contribution in [0.25, 0.3) is 10.2 Å². The average molecular weight is 497 g/mol. The summed E-state index contributed by atoms with van der Waals surface area (Å²) in [6.45, 7) is 5.04. The van der Waals surface area contributed by atoms with Gasteiger partial charge in [-0.2, -0.15) is 0 Å². The van der Waals surface area contributed by atoms with E-state index in [1.165, 1.54) is 46.2 Å². The first-order chi connectivity index (χ1) is 17.7. The number of carbonyl (C=O) groups excluding carboxylic acids is 1. The molecule has 0 radical (unpaired) electrons. The Morgan fingerprint density at radius 2 is 1.64 bits per heavy atom. The highest BCUT2D eigenvalue weighted by molar-refractivity contribution is 7.19. The number of hydrogen-bond donors (Lipinski definition) is 0. The van der Waals surface area contributed by atoms with Gasteiger partial charge in [-0.15, -0.1) is 11.3 Å². The molecule has 0 atom stereocenters. The Morgan fingerprint density at radius 1 is 0.889 bits per heavy atom. The maximum absolute atomic E-state index is 13.1. The number of hydrogen-bond acceptors (Lipinski definition) is 5. The number of amides is 1. The number of carbonyl (C=O) groups is 1. The van der Waals surface area contributed by atoms with Crippen LogP contribution in [0, 0.1) is 6.92 Å². The zero-order chi connectivity index (χ0) is 24.5. The van der Waals surface area contributed by atoms with E-state index in [1.54, 1.807) is 0 Å². The fraction of sp³-hybridized carbons (Fsp3) is 0.367. The van der Waals surface area contributed by atoms with E-state index < -0.39 is 0 Å². The maximum atomic E-state index is 13.1. The van der Waals surface area contributed by atoms with Gasteiger partial charge in [-0.3, -0.25) is 4.79 Å². The van der Waals surface area contributed by atoms with Crippen molar-refractivity contribution in [2.45, 2.75) is 45.4 Å². The van der Waals surface area contributed by atoms with Gasteiger partial charge in [0.05, 0.1) is 5.39 Å². The first-order valence-corrected chi connectivity index (χ1v) is 13.9. The number of benzene rings is 2. The molecule has 1 aliphatic heterocycles. The van der Waals surface area contributed by atoms with Crippen LogP contribution in [-0.4, -0.2) is 47.0 Å². The molecule has 1 fully saturated rings. The number of fused-ring (bicyclic) bond motifs is 3. The third kappa shape index (κ3) is 4.62. The summed E-state index contributed by atoms with van der Waals surface area (Å²) in [7, 11) is 0. The fourth-order valence-electron chi connectivity index (χ4n) is 5.44. The molecule has 6 heteroatoms. The summed E-state index contributed by atoms with van der Waals surface area (Å²) in [5, 5.41) is 1.27. The van der Waals surface area contributed by atoms with Gasteiger partial charge in [0, 0.05) is 43.0 Å². The third-order valence-electron chi connectivity index (χ3n) is 7.46. The first-order valence-electron chi connectivity index (χ1n) is 13.1. The molecule has 0 spiro atoms. The van der Waals surface area contributed by atoms with Crippen LogP contribution in [-0.2, 0) is 19.3 Å². The molecule has 184 valence electrons. The standard InChI is InChI=1S/C30H32N4OS/c1-21-12-14-23(15-13-21)30(35)34-18-16-33(17-19-34)28-27-24-10-6-3-7-11-25(24)36-29(27)32-26(31-28)20-22-8-4-2-5-9-22/h2,4-5,8-9,12-15H,3,6-7,10-11,16-20H2,1H3. The number of piperazine rings is 1. The topological polar surface area (TPSA) is 49.3 Å². The van der Waals surface area contributed by atoms with Crippen LogP contribution in [0.15, 0.2) is 54.6 Å². The fourth-order valence-corrected chi connectivity index (χ4v) is 6.72. The molecule has 2 aromatic heterocycles. The lowest BCUT2D eigenvalue weighted by atomic mass is 10.1. The predicted molar refractivity (Wildman–Crippen MR) is 147 cm³/mol. The number of aryl methyl sites for hydroxylation is 3. The number of thiophene rings is 1. The second-order valence-electron chi connectivity index (χ2n) is 10.0. The van der Waals surface area contributed by atoms with Crippen LogP contribution in [0.4, 0.5) is 5.82 Å². The second kappa shape index (κ2) is 10.0. The first kappa shape index (κ1) is 23.2. The Hall–Kier alpha value is -3.25.